The van der Waals surface area contributed by atoms with Crippen LogP contribution in [0.5, 0.6) is 0 Å². The Morgan fingerprint density at radius 2 is 2.00 bits per heavy atom. The van der Waals surface area contributed by atoms with Gasteiger partial charge in [-0.05, 0) is 31.5 Å². The molecule has 0 bridgehead atoms. The van der Waals surface area contributed by atoms with Gasteiger partial charge in [-0.1, -0.05) is 23.8 Å². The van der Waals surface area contributed by atoms with E-state index < -0.39 is 12.1 Å². The Labute approximate surface area is 115 Å². The Hall–Kier alpha value is -1.82. The second-order valence-corrected chi connectivity index (χ2v) is 4.56. The van der Waals surface area contributed by atoms with Gasteiger partial charge in [-0.15, -0.1) is 0 Å². The fourth-order valence-electron chi connectivity index (χ4n) is 1.45. The van der Waals surface area contributed by atoms with Crippen molar-refractivity contribution in [3.8, 4) is 0 Å². The number of hydrogen-bond donors (Lipinski definition) is 2. The summed E-state index contributed by atoms with van der Waals surface area (Å²) in [4.78, 5) is 10.8. The lowest BCUT2D eigenvalue weighted by atomic mass is 10.2. The molecule has 0 unspecified atom stereocenters. The van der Waals surface area contributed by atoms with Crippen molar-refractivity contribution < 1.29 is 18.0 Å². The first-order chi connectivity index (χ1) is 9.29. The number of alkyl halides is 3. The van der Waals surface area contributed by atoms with Crippen LogP contribution in [-0.4, -0.2) is 18.6 Å². The topological polar surface area (TPSA) is 41.1 Å². The Morgan fingerprint density at radius 3 is 2.60 bits per heavy atom. The number of nitrogens with one attached hydrogen (secondary N) is 2. The summed E-state index contributed by atoms with van der Waals surface area (Å²) < 4.78 is 36.4. The van der Waals surface area contributed by atoms with Gasteiger partial charge in [0.05, 0.1) is 0 Å². The number of hydrogen-bond acceptors (Lipinski definition) is 2. The van der Waals surface area contributed by atoms with Crippen LogP contribution in [0.3, 0.4) is 0 Å². The molecule has 0 atom stereocenters. The number of rotatable bonds is 5. The molecule has 0 aliphatic heterocycles. The zero-order valence-corrected chi connectivity index (χ0v) is 11.3. The van der Waals surface area contributed by atoms with E-state index in [0.717, 1.165) is 5.56 Å². The normalized spacial score (nSPS) is 11.1. The third-order valence-electron chi connectivity index (χ3n) is 2.43. The molecular weight excluding hydrogens is 269 g/mol. The van der Waals surface area contributed by atoms with Crippen molar-refractivity contribution in [2.45, 2.75) is 26.6 Å². The number of halogens is 3. The van der Waals surface area contributed by atoms with Crippen molar-refractivity contribution in [1.29, 1.82) is 0 Å². The smallest absolute Gasteiger partial charge is 0.318 e. The van der Waals surface area contributed by atoms with Crippen molar-refractivity contribution >= 4 is 11.6 Å². The summed E-state index contributed by atoms with van der Waals surface area (Å²) in [6.07, 6.45) is -2.87. The summed E-state index contributed by atoms with van der Waals surface area (Å²) in [6.45, 7) is 5.16. The standard InChI is InChI=1S/C14H17F3N2O/c1-10(2)6-7-18-9-11-4-3-5-12(8-11)19-13(20)14(15,16)17/h3-6,8,18H,7,9H2,1-2H3,(H,19,20). The van der Waals surface area contributed by atoms with Gasteiger partial charge < -0.3 is 10.6 Å². The summed E-state index contributed by atoms with van der Waals surface area (Å²) >= 11 is 0. The molecule has 1 rings (SSSR count). The second kappa shape index (κ2) is 7.09. The van der Waals surface area contributed by atoms with Crippen LogP contribution in [0.25, 0.3) is 0 Å². The molecule has 0 radical (unpaired) electrons. The van der Waals surface area contributed by atoms with Gasteiger partial charge in [0.15, 0.2) is 0 Å². The van der Waals surface area contributed by atoms with E-state index in [4.69, 9.17) is 0 Å². The Morgan fingerprint density at radius 1 is 1.30 bits per heavy atom. The molecule has 0 spiro atoms. The van der Waals surface area contributed by atoms with E-state index in [1.807, 2.05) is 25.2 Å². The van der Waals surface area contributed by atoms with Gasteiger partial charge in [-0.2, -0.15) is 13.2 Å². The predicted molar refractivity (Wildman–Crippen MR) is 72.3 cm³/mol. The highest BCUT2D eigenvalue weighted by Crippen LogP contribution is 2.18. The zero-order chi connectivity index (χ0) is 15.2. The molecule has 0 aliphatic carbocycles. The van der Waals surface area contributed by atoms with Crippen LogP contribution < -0.4 is 10.6 Å². The van der Waals surface area contributed by atoms with Gasteiger partial charge >= 0.3 is 12.1 Å². The third kappa shape index (κ3) is 5.88. The van der Waals surface area contributed by atoms with E-state index >= 15 is 0 Å². The average molecular weight is 286 g/mol. The van der Waals surface area contributed by atoms with E-state index in [9.17, 15) is 18.0 Å². The molecule has 0 heterocycles. The Balaban J connectivity index is 2.58. The van der Waals surface area contributed by atoms with E-state index in [2.05, 4.69) is 5.32 Å². The van der Waals surface area contributed by atoms with E-state index in [0.29, 0.717) is 13.1 Å². The lowest BCUT2D eigenvalue weighted by Gasteiger charge is -2.09. The van der Waals surface area contributed by atoms with Crippen molar-refractivity contribution in [2.75, 3.05) is 11.9 Å². The first-order valence-corrected chi connectivity index (χ1v) is 6.10. The summed E-state index contributed by atoms with van der Waals surface area (Å²) in [6, 6.07) is 6.31. The number of anilines is 1. The molecule has 3 nitrogen and oxygen atoms in total. The molecule has 0 fully saturated rings. The lowest BCUT2D eigenvalue weighted by molar-refractivity contribution is -0.167. The van der Waals surface area contributed by atoms with Gasteiger partial charge in [-0.25, -0.2) is 0 Å². The SMILES string of the molecule is CC(C)=CCNCc1cccc(NC(=O)C(F)(F)F)c1. The van der Waals surface area contributed by atoms with E-state index in [1.54, 1.807) is 12.1 Å². The maximum Gasteiger partial charge on any atom is 0.471 e. The minimum atomic E-state index is -4.88. The number of carbonyl (C=O) groups is 1. The highest BCUT2D eigenvalue weighted by molar-refractivity contribution is 5.94. The third-order valence-corrected chi connectivity index (χ3v) is 2.43. The fourth-order valence-corrected chi connectivity index (χ4v) is 1.45. The Bertz CT molecular complexity index is 491. The van der Waals surface area contributed by atoms with Crippen LogP contribution >= 0.6 is 0 Å². The van der Waals surface area contributed by atoms with Crippen LogP contribution in [0, 0.1) is 0 Å². The van der Waals surface area contributed by atoms with Crippen molar-refractivity contribution in [3.63, 3.8) is 0 Å². The average Bonchev–Trinajstić information content (AvgIpc) is 2.34. The maximum absolute atomic E-state index is 12.1. The first-order valence-electron chi connectivity index (χ1n) is 6.10. The number of benzene rings is 1. The quantitative estimate of drug-likeness (QED) is 0.644. The number of allylic oxidation sites excluding steroid dienone is 1. The molecule has 0 saturated heterocycles. The molecule has 20 heavy (non-hydrogen) atoms. The van der Waals surface area contributed by atoms with Crippen LogP contribution in [0.2, 0.25) is 0 Å². The predicted octanol–water partition coefficient (Wildman–Crippen LogP) is 3.24. The number of amides is 1. The molecule has 1 amide bonds. The molecule has 1 aromatic carbocycles. The number of carbonyl (C=O) groups excluding carboxylic acids is 1. The van der Waals surface area contributed by atoms with E-state index in [-0.39, 0.29) is 5.69 Å². The molecule has 2 N–H and O–H groups in total. The molecule has 1 aromatic rings. The first kappa shape index (κ1) is 16.2. The highest BCUT2D eigenvalue weighted by Gasteiger charge is 2.38. The van der Waals surface area contributed by atoms with Crippen LogP contribution in [0.4, 0.5) is 18.9 Å². The largest absolute Gasteiger partial charge is 0.471 e. The summed E-state index contributed by atoms with van der Waals surface area (Å²) in [7, 11) is 0. The van der Waals surface area contributed by atoms with E-state index in [1.165, 1.54) is 17.7 Å². The van der Waals surface area contributed by atoms with Gasteiger partial charge in [0.1, 0.15) is 0 Å². The molecule has 0 aromatic heterocycles. The summed E-state index contributed by atoms with van der Waals surface area (Å²) in [5.74, 6) is -1.97. The maximum atomic E-state index is 12.1. The van der Waals surface area contributed by atoms with Crippen LogP contribution in [-0.2, 0) is 11.3 Å². The van der Waals surface area contributed by atoms with Gasteiger partial charge in [-0.3, -0.25) is 4.79 Å². The summed E-state index contributed by atoms with van der Waals surface area (Å²) in [5.41, 5.74) is 2.12. The monoisotopic (exact) mass is 286 g/mol. The van der Waals surface area contributed by atoms with Crippen molar-refractivity contribution in [1.82, 2.24) is 5.32 Å². The molecule has 6 heteroatoms. The fraction of sp³-hybridized carbons (Fsp3) is 0.357. The highest BCUT2D eigenvalue weighted by atomic mass is 19.4. The second-order valence-electron chi connectivity index (χ2n) is 4.56. The molecule has 0 saturated carbocycles. The van der Waals surface area contributed by atoms with Gasteiger partial charge in [0.2, 0.25) is 0 Å². The zero-order valence-electron chi connectivity index (χ0n) is 11.3. The van der Waals surface area contributed by atoms with Crippen LogP contribution in [0.1, 0.15) is 19.4 Å². The van der Waals surface area contributed by atoms with Crippen molar-refractivity contribution in [3.05, 3.63) is 41.5 Å². The summed E-state index contributed by atoms with van der Waals surface area (Å²) in [5, 5.41) is 4.96. The lowest BCUT2D eigenvalue weighted by Crippen LogP contribution is -2.29. The van der Waals surface area contributed by atoms with Crippen molar-refractivity contribution in [2.24, 2.45) is 0 Å². The Kier molecular flexibility index (Phi) is 5.76. The van der Waals surface area contributed by atoms with Crippen LogP contribution in [0.15, 0.2) is 35.9 Å². The molecule has 0 aliphatic rings. The van der Waals surface area contributed by atoms with Gasteiger partial charge in [0, 0.05) is 18.8 Å². The van der Waals surface area contributed by atoms with Gasteiger partial charge in [0.25, 0.3) is 0 Å². The molecule has 110 valence electrons. The molecular formula is C14H17F3N2O. The minimum absolute atomic E-state index is 0.133. The minimum Gasteiger partial charge on any atom is -0.318 e.